The average molecular weight is 302 g/mol. The largest absolute Gasteiger partial charge is 0.396 e. The number of hydrogen-bond donors (Lipinski definition) is 2. The van der Waals surface area contributed by atoms with Gasteiger partial charge in [-0.1, -0.05) is 24.3 Å². The van der Waals surface area contributed by atoms with Crippen LogP contribution >= 0.6 is 0 Å². The Kier molecular flexibility index (Phi) is 4.98. The summed E-state index contributed by atoms with van der Waals surface area (Å²) < 4.78 is 0. The summed E-state index contributed by atoms with van der Waals surface area (Å²) >= 11 is 0. The van der Waals surface area contributed by atoms with E-state index < -0.39 is 0 Å². The molecule has 4 heteroatoms. The second-order valence-corrected chi connectivity index (χ2v) is 6.62. The SMILES string of the molecule is O=C(NC1Cc2ccccc2C1)N1CCC[C@H](CCO)CC1. The average Bonchev–Trinajstić information content (AvgIpc) is 2.77. The lowest BCUT2D eigenvalue weighted by molar-refractivity contribution is 0.194. The van der Waals surface area contributed by atoms with Crippen LogP contribution in [-0.4, -0.2) is 41.8 Å². The minimum atomic E-state index is 0.0856. The van der Waals surface area contributed by atoms with Crippen molar-refractivity contribution in [2.45, 2.75) is 44.6 Å². The molecule has 2 N–H and O–H groups in total. The molecule has 0 spiro atoms. The Labute approximate surface area is 132 Å². The van der Waals surface area contributed by atoms with Crippen LogP contribution in [0.4, 0.5) is 4.79 Å². The van der Waals surface area contributed by atoms with E-state index in [2.05, 4.69) is 29.6 Å². The molecule has 1 aliphatic carbocycles. The first-order chi connectivity index (χ1) is 10.8. The molecular weight excluding hydrogens is 276 g/mol. The van der Waals surface area contributed by atoms with Crippen LogP contribution in [0.15, 0.2) is 24.3 Å². The number of nitrogens with zero attached hydrogens (tertiary/aromatic N) is 1. The standard InChI is InChI=1S/C18H26N2O2/c21-11-8-14-4-3-9-20(10-7-14)18(22)19-17-12-15-5-1-2-6-16(15)13-17/h1-2,5-6,14,17,21H,3-4,7-13H2,(H,19,22)/t14-/m0/s1. The van der Waals surface area contributed by atoms with Gasteiger partial charge in [0, 0.05) is 25.7 Å². The van der Waals surface area contributed by atoms with Crippen LogP contribution in [0.5, 0.6) is 0 Å². The van der Waals surface area contributed by atoms with E-state index in [4.69, 9.17) is 5.11 Å². The van der Waals surface area contributed by atoms with Gasteiger partial charge >= 0.3 is 6.03 Å². The summed E-state index contributed by atoms with van der Waals surface area (Å²) in [5, 5.41) is 12.3. The number of nitrogens with one attached hydrogen (secondary N) is 1. The normalized spacial score (nSPS) is 22.2. The zero-order chi connectivity index (χ0) is 15.4. The van der Waals surface area contributed by atoms with Gasteiger partial charge in [0.05, 0.1) is 0 Å². The van der Waals surface area contributed by atoms with E-state index >= 15 is 0 Å². The maximum atomic E-state index is 12.5. The van der Waals surface area contributed by atoms with Crippen molar-refractivity contribution in [3.05, 3.63) is 35.4 Å². The zero-order valence-corrected chi connectivity index (χ0v) is 13.1. The summed E-state index contributed by atoms with van der Waals surface area (Å²) in [6, 6.07) is 8.78. The molecule has 1 heterocycles. The molecular formula is C18H26N2O2. The second-order valence-electron chi connectivity index (χ2n) is 6.62. The minimum absolute atomic E-state index is 0.0856. The Bertz CT molecular complexity index is 493. The van der Waals surface area contributed by atoms with E-state index in [0.717, 1.165) is 51.6 Å². The Morgan fingerprint density at radius 1 is 1.18 bits per heavy atom. The van der Waals surface area contributed by atoms with Gasteiger partial charge in [0.2, 0.25) is 0 Å². The van der Waals surface area contributed by atoms with Crippen LogP contribution in [0.1, 0.15) is 36.8 Å². The van der Waals surface area contributed by atoms with E-state index in [1.165, 1.54) is 11.1 Å². The molecule has 120 valence electrons. The van der Waals surface area contributed by atoms with Crippen molar-refractivity contribution in [3.8, 4) is 0 Å². The van der Waals surface area contributed by atoms with Gasteiger partial charge < -0.3 is 15.3 Å². The van der Waals surface area contributed by atoms with E-state index in [1.54, 1.807) is 0 Å². The van der Waals surface area contributed by atoms with E-state index in [1.807, 2.05) is 4.90 Å². The minimum Gasteiger partial charge on any atom is -0.396 e. The van der Waals surface area contributed by atoms with Crippen molar-refractivity contribution >= 4 is 6.03 Å². The Hall–Kier alpha value is -1.55. The molecule has 22 heavy (non-hydrogen) atoms. The van der Waals surface area contributed by atoms with Gasteiger partial charge in [0.25, 0.3) is 0 Å². The fourth-order valence-corrected chi connectivity index (χ4v) is 3.77. The van der Waals surface area contributed by atoms with Crippen LogP contribution in [0.3, 0.4) is 0 Å². The quantitative estimate of drug-likeness (QED) is 0.900. The van der Waals surface area contributed by atoms with Crippen molar-refractivity contribution in [2.24, 2.45) is 5.92 Å². The van der Waals surface area contributed by atoms with Crippen molar-refractivity contribution in [3.63, 3.8) is 0 Å². The van der Waals surface area contributed by atoms with E-state index in [9.17, 15) is 4.79 Å². The summed E-state index contributed by atoms with van der Waals surface area (Å²) in [5.74, 6) is 0.568. The van der Waals surface area contributed by atoms with Crippen molar-refractivity contribution in [1.82, 2.24) is 10.2 Å². The maximum Gasteiger partial charge on any atom is 0.317 e. The van der Waals surface area contributed by atoms with Gasteiger partial charge in [-0.05, 0) is 55.6 Å². The molecule has 2 amide bonds. The molecule has 1 aromatic carbocycles. The first-order valence-electron chi connectivity index (χ1n) is 8.49. The molecule has 1 aromatic rings. The van der Waals surface area contributed by atoms with Gasteiger partial charge in [-0.15, -0.1) is 0 Å². The third kappa shape index (κ3) is 3.61. The number of aliphatic hydroxyl groups is 1. The van der Waals surface area contributed by atoms with Crippen molar-refractivity contribution in [2.75, 3.05) is 19.7 Å². The lowest BCUT2D eigenvalue weighted by Crippen LogP contribution is -2.45. The fraction of sp³-hybridized carbons (Fsp3) is 0.611. The van der Waals surface area contributed by atoms with Gasteiger partial charge in [-0.25, -0.2) is 4.79 Å². The molecule has 1 saturated heterocycles. The lowest BCUT2D eigenvalue weighted by atomic mass is 9.98. The first kappa shape index (κ1) is 15.3. The predicted octanol–water partition coefficient (Wildman–Crippen LogP) is 2.35. The number of benzene rings is 1. The van der Waals surface area contributed by atoms with Crippen LogP contribution < -0.4 is 5.32 Å². The molecule has 0 bridgehead atoms. The van der Waals surface area contributed by atoms with Gasteiger partial charge in [0.1, 0.15) is 0 Å². The third-order valence-corrected chi connectivity index (χ3v) is 5.05. The molecule has 3 rings (SSSR count). The van der Waals surface area contributed by atoms with Crippen molar-refractivity contribution in [1.29, 1.82) is 0 Å². The molecule has 0 unspecified atom stereocenters. The van der Waals surface area contributed by atoms with Crippen LogP contribution in [0, 0.1) is 5.92 Å². The molecule has 1 atom stereocenters. The highest BCUT2D eigenvalue weighted by Crippen LogP contribution is 2.23. The highest BCUT2D eigenvalue weighted by molar-refractivity contribution is 5.74. The van der Waals surface area contributed by atoms with Crippen molar-refractivity contribution < 1.29 is 9.90 Å². The van der Waals surface area contributed by atoms with Crippen LogP contribution in [0.2, 0.25) is 0 Å². The number of rotatable bonds is 3. The molecule has 1 aliphatic heterocycles. The van der Waals surface area contributed by atoms with Gasteiger partial charge in [-0.3, -0.25) is 0 Å². The molecule has 0 radical (unpaired) electrons. The lowest BCUT2D eigenvalue weighted by Gasteiger charge is -2.23. The number of aliphatic hydroxyl groups excluding tert-OH is 1. The second kappa shape index (κ2) is 7.14. The summed E-state index contributed by atoms with van der Waals surface area (Å²) in [6.07, 6.45) is 5.94. The zero-order valence-electron chi connectivity index (χ0n) is 13.1. The number of fused-ring (bicyclic) bond motifs is 1. The summed E-state index contributed by atoms with van der Waals surface area (Å²) in [6.45, 7) is 1.92. The number of carbonyl (C=O) groups is 1. The molecule has 4 nitrogen and oxygen atoms in total. The topological polar surface area (TPSA) is 52.6 Å². The molecule has 0 aromatic heterocycles. The van der Waals surface area contributed by atoms with E-state index in [0.29, 0.717) is 5.92 Å². The maximum absolute atomic E-state index is 12.5. The Morgan fingerprint density at radius 2 is 1.91 bits per heavy atom. The van der Waals surface area contributed by atoms with Gasteiger partial charge in [0.15, 0.2) is 0 Å². The molecule has 1 fully saturated rings. The number of urea groups is 1. The van der Waals surface area contributed by atoms with Gasteiger partial charge in [-0.2, -0.15) is 0 Å². The number of amides is 2. The summed E-state index contributed by atoms with van der Waals surface area (Å²) in [4.78, 5) is 14.4. The molecule has 0 saturated carbocycles. The third-order valence-electron chi connectivity index (χ3n) is 5.05. The fourth-order valence-electron chi connectivity index (χ4n) is 3.77. The van der Waals surface area contributed by atoms with Crippen LogP contribution in [-0.2, 0) is 12.8 Å². The highest BCUT2D eigenvalue weighted by atomic mass is 16.3. The number of carbonyl (C=O) groups excluding carboxylic acids is 1. The Balaban J connectivity index is 1.50. The molecule has 2 aliphatic rings. The summed E-state index contributed by atoms with van der Waals surface area (Å²) in [5.41, 5.74) is 2.73. The number of likely N-dealkylation sites (tertiary alicyclic amines) is 1. The highest BCUT2D eigenvalue weighted by Gasteiger charge is 2.26. The number of hydrogen-bond acceptors (Lipinski definition) is 2. The summed E-state index contributed by atoms with van der Waals surface area (Å²) in [7, 11) is 0. The Morgan fingerprint density at radius 3 is 2.59 bits per heavy atom. The van der Waals surface area contributed by atoms with Crippen LogP contribution in [0.25, 0.3) is 0 Å². The monoisotopic (exact) mass is 302 g/mol. The first-order valence-corrected chi connectivity index (χ1v) is 8.49. The predicted molar refractivity (Wildman–Crippen MR) is 86.8 cm³/mol. The van der Waals surface area contributed by atoms with E-state index in [-0.39, 0.29) is 18.7 Å². The smallest absolute Gasteiger partial charge is 0.317 e.